The molecule has 2 N–H and O–H groups in total. The minimum atomic E-state index is -0.931. The van der Waals surface area contributed by atoms with Crippen LogP contribution in [0.2, 0.25) is 0 Å². The maximum Gasteiger partial charge on any atom is 0.337 e. The van der Waals surface area contributed by atoms with Gasteiger partial charge in [-0.05, 0) is 31.9 Å². The molecule has 1 aromatic rings. The topological polar surface area (TPSA) is 62.2 Å². The highest BCUT2D eigenvalue weighted by Crippen LogP contribution is 2.28. The van der Waals surface area contributed by atoms with E-state index in [1.807, 2.05) is 0 Å². The Bertz CT molecular complexity index is 394. The Morgan fingerprint density at radius 2 is 2.18 bits per heavy atom. The Balaban J connectivity index is 1.93. The smallest absolute Gasteiger partial charge is 0.337 e. The number of aromatic carboxylic acids is 1. The van der Waals surface area contributed by atoms with E-state index in [1.165, 1.54) is 31.9 Å². The zero-order valence-electron chi connectivity index (χ0n) is 10.1. The molecule has 0 amide bonds. The molecular formula is C13H18N2O2. The fourth-order valence-corrected chi connectivity index (χ4v) is 2.29. The van der Waals surface area contributed by atoms with Gasteiger partial charge in [-0.15, -0.1) is 0 Å². The van der Waals surface area contributed by atoms with Crippen molar-refractivity contribution in [2.75, 3.05) is 0 Å². The summed E-state index contributed by atoms with van der Waals surface area (Å²) in [6, 6.07) is 3.37. The fourth-order valence-electron chi connectivity index (χ4n) is 2.29. The summed E-state index contributed by atoms with van der Waals surface area (Å²) in [4.78, 5) is 14.8. The number of aromatic nitrogens is 1. The third kappa shape index (κ3) is 3.03. The number of carboxylic acid groups (broad SMARTS) is 1. The summed E-state index contributed by atoms with van der Waals surface area (Å²) in [5.74, 6) is -0.931. The van der Waals surface area contributed by atoms with Crippen LogP contribution in [0.3, 0.4) is 0 Å². The van der Waals surface area contributed by atoms with E-state index in [-0.39, 0.29) is 11.1 Å². The number of nitrogens with zero attached hydrogens (tertiary/aromatic N) is 1. The van der Waals surface area contributed by atoms with Gasteiger partial charge in [0.15, 0.2) is 0 Å². The molecule has 2 rings (SSSR count). The van der Waals surface area contributed by atoms with E-state index in [9.17, 15) is 4.79 Å². The van der Waals surface area contributed by atoms with Crippen molar-refractivity contribution in [3.63, 3.8) is 0 Å². The van der Waals surface area contributed by atoms with Crippen LogP contribution in [0.5, 0.6) is 0 Å². The summed E-state index contributed by atoms with van der Waals surface area (Å²) in [5.41, 5.74) is 1.36. The largest absolute Gasteiger partial charge is 0.478 e. The number of rotatable bonds is 4. The molecule has 0 spiro atoms. The van der Waals surface area contributed by atoms with Gasteiger partial charge in [0.05, 0.1) is 11.3 Å². The van der Waals surface area contributed by atoms with Crippen LogP contribution in [0.15, 0.2) is 18.3 Å². The number of pyridine rings is 1. The molecule has 1 heterocycles. The molecule has 0 atom stereocenters. The van der Waals surface area contributed by atoms with Crippen LogP contribution < -0.4 is 5.32 Å². The lowest BCUT2D eigenvalue weighted by Gasteiger charge is -2.25. The van der Waals surface area contributed by atoms with Gasteiger partial charge in [-0.2, -0.15) is 0 Å². The number of carbonyl (C=O) groups is 1. The first-order valence-corrected chi connectivity index (χ1v) is 6.02. The highest BCUT2D eigenvalue weighted by atomic mass is 16.4. The zero-order valence-corrected chi connectivity index (χ0v) is 10.1. The minimum absolute atomic E-state index is 0.229. The van der Waals surface area contributed by atoms with Crippen molar-refractivity contribution in [3.8, 4) is 0 Å². The Morgan fingerprint density at radius 3 is 2.71 bits per heavy atom. The summed E-state index contributed by atoms with van der Waals surface area (Å²) >= 11 is 0. The Kier molecular flexibility index (Phi) is 3.43. The first-order chi connectivity index (χ1) is 8.09. The summed E-state index contributed by atoms with van der Waals surface area (Å²) in [6.07, 6.45) is 6.40. The minimum Gasteiger partial charge on any atom is -0.478 e. The van der Waals surface area contributed by atoms with Crippen molar-refractivity contribution in [1.82, 2.24) is 10.3 Å². The Morgan fingerprint density at radius 1 is 1.47 bits per heavy atom. The van der Waals surface area contributed by atoms with Gasteiger partial charge in [-0.25, -0.2) is 4.79 Å². The SMILES string of the molecule is CC1(NCc2ccc(C(=O)O)cn2)CCCC1. The molecule has 4 heteroatoms. The van der Waals surface area contributed by atoms with Gasteiger partial charge >= 0.3 is 5.97 Å². The molecule has 17 heavy (non-hydrogen) atoms. The van der Waals surface area contributed by atoms with Crippen molar-refractivity contribution in [1.29, 1.82) is 0 Å². The lowest BCUT2D eigenvalue weighted by molar-refractivity contribution is 0.0696. The summed E-state index contributed by atoms with van der Waals surface area (Å²) in [7, 11) is 0. The first kappa shape index (κ1) is 12.0. The molecule has 1 saturated carbocycles. The molecule has 4 nitrogen and oxygen atoms in total. The maximum atomic E-state index is 10.7. The lowest BCUT2D eigenvalue weighted by Crippen LogP contribution is -2.38. The van der Waals surface area contributed by atoms with Crippen LogP contribution in [0.4, 0.5) is 0 Å². The molecular weight excluding hydrogens is 216 g/mol. The third-order valence-electron chi connectivity index (χ3n) is 3.48. The molecule has 0 aliphatic heterocycles. The molecule has 0 radical (unpaired) electrons. The van der Waals surface area contributed by atoms with Crippen molar-refractivity contribution >= 4 is 5.97 Å². The average Bonchev–Trinajstić information content (AvgIpc) is 2.75. The molecule has 1 aromatic heterocycles. The molecule has 1 fully saturated rings. The van der Waals surface area contributed by atoms with Crippen LogP contribution in [-0.2, 0) is 6.54 Å². The van der Waals surface area contributed by atoms with Crippen molar-refractivity contribution in [2.45, 2.75) is 44.7 Å². The van der Waals surface area contributed by atoms with E-state index in [0.717, 1.165) is 5.69 Å². The van der Waals surface area contributed by atoms with Crippen molar-refractivity contribution in [2.24, 2.45) is 0 Å². The second kappa shape index (κ2) is 4.84. The van der Waals surface area contributed by atoms with E-state index in [2.05, 4.69) is 17.2 Å². The highest BCUT2D eigenvalue weighted by molar-refractivity contribution is 5.87. The van der Waals surface area contributed by atoms with Gasteiger partial charge in [0.25, 0.3) is 0 Å². The normalized spacial score (nSPS) is 18.2. The number of hydrogen-bond acceptors (Lipinski definition) is 3. The average molecular weight is 234 g/mol. The van der Waals surface area contributed by atoms with Gasteiger partial charge in [0, 0.05) is 18.3 Å². The molecule has 1 aliphatic carbocycles. The van der Waals surface area contributed by atoms with E-state index in [0.29, 0.717) is 6.54 Å². The highest BCUT2D eigenvalue weighted by Gasteiger charge is 2.27. The van der Waals surface area contributed by atoms with Gasteiger partial charge in [-0.1, -0.05) is 12.8 Å². The van der Waals surface area contributed by atoms with E-state index in [4.69, 9.17) is 5.11 Å². The predicted octanol–water partition coefficient (Wildman–Crippen LogP) is 2.20. The Hall–Kier alpha value is -1.42. The van der Waals surface area contributed by atoms with Gasteiger partial charge in [0.1, 0.15) is 0 Å². The second-order valence-corrected chi connectivity index (χ2v) is 4.96. The van der Waals surface area contributed by atoms with E-state index in [1.54, 1.807) is 12.1 Å². The summed E-state index contributed by atoms with van der Waals surface area (Å²) < 4.78 is 0. The van der Waals surface area contributed by atoms with Crippen LogP contribution in [0.25, 0.3) is 0 Å². The lowest BCUT2D eigenvalue weighted by atomic mass is 10.0. The van der Waals surface area contributed by atoms with Gasteiger partial charge in [0.2, 0.25) is 0 Å². The Labute approximate surface area is 101 Å². The number of nitrogens with one attached hydrogen (secondary N) is 1. The van der Waals surface area contributed by atoms with E-state index < -0.39 is 5.97 Å². The molecule has 0 aromatic carbocycles. The first-order valence-electron chi connectivity index (χ1n) is 6.02. The van der Waals surface area contributed by atoms with Crippen molar-refractivity contribution in [3.05, 3.63) is 29.6 Å². The fraction of sp³-hybridized carbons (Fsp3) is 0.538. The molecule has 1 aliphatic rings. The van der Waals surface area contributed by atoms with Crippen LogP contribution in [0.1, 0.15) is 48.7 Å². The van der Waals surface area contributed by atoms with Crippen LogP contribution in [-0.4, -0.2) is 21.6 Å². The predicted molar refractivity (Wildman–Crippen MR) is 64.9 cm³/mol. The quantitative estimate of drug-likeness (QED) is 0.838. The van der Waals surface area contributed by atoms with Gasteiger partial charge < -0.3 is 10.4 Å². The standard InChI is InChI=1S/C13H18N2O2/c1-13(6-2-3-7-13)15-9-11-5-4-10(8-14-11)12(16)17/h4-5,8,15H,2-3,6-7,9H2,1H3,(H,16,17). The van der Waals surface area contributed by atoms with E-state index >= 15 is 0 Å². The third-order valence-corrected chi connectivity index (χ3v) is 3.48. The van der Waals surface area contributed by atoms with Crippen molar-refractivity contribution < 1.29 is 9.90 Å². The van der Waals surface area contributed by atoms with Crippen LogP contribution in [0, 0.1) is 0 Å². The second-order valence-electron chi connectivity index (χ2n) is 4.96. The monoisotopic (exact) mass is 234 g/mol. The maximum absolute atomic E-state index is 10.7. The van der Waals surface area contributed by atoms with Crippen LogP contribution >= 0.6 is 0 Å². The molecule has 92 valence electrons. The molecule has 0 bridgehead atoms. The number of carboxylic acids is 1. The molecule has 0 unspecified atom stereocenters. The zero-order chi connectivity index (χ0) is 12.3. The molecule has 0 saturated heterocycles. The summed E-state index contributed by atoms with van der Waals surface area (Å²) in [6.45, 7) is 2.95. The summed E-state index contributed by atoms with van der Waals surface area (Å²) in [5, 5.41) is 12.3. The number of hydrogen-bond donors (Lipinski definition) is 2. The van der Waals surface area contributed by atoms with Gasteiger partial charge in [-0.3, -0.25) is 4.98 Å².